The number of hydrogen-bond donors (Lipinski definition) is 0. The first-order valence-corrected chi connectivity index (χ1v) is 19.0. The van der Waals surface area contributed by atoms with E-state index < -0.39 is 18.3 Å². The van der Waals surface area contributed by atoms with Gasteiger partial charge in [0.25, 0.3) is 0 Å². The van der Waals surface area contributed by atoms with Crippen molar-refractivity contribution in [1.29, 1.82) is 0 Å². The van der Waals surface area contributed by atoms with E-state index in [4.69, 9.17) is 23.7 Å². The van der Waals surface area contributed by atoms with Crippen LogP contribution in [-0.4, -0.2) is 31.5 Å². The lowest BCUT2D eigenvalue weighted by Gasteiger charge is -2.47. The topological polar surface area (TPSA) is 46.2 Å². The van der Waals surface area contributed by atoms with E-state index in [2.05, 4.69) is 128 Å². The van der Waals surface area contributed by atoms with Crippen LogP contribution >= 0.6 is 0 Å². The van der Waals surface area contributed by atoms with Crippen LogP contribution in [0.4, 0.5) is 0 Å². The van der Waals surface area contributed by atoms with Crippen LogP contribution < -0.4 is 4.74 Å². The Kier molecular flexibility index (Phi) is 13.0. The van der Waals surface area contributed by atoms with Crippen LogP contribution in [-0.2, 0) is 51.6 Å². The Balaban J connectivity index is 1.27. The third-order valence-corrected chi connectivity index (χ3v) is 10.3. The van der Waals surface area contributed by atoms with Gasteiger partial charge in [-0.15, -0.1) is 0 Å². The Morgan fingerprint density at radius 3 is 1.54 bits per heavy atom. The lowest BCUT2D eigenvalue weighted by Crippen LogP contribution is -2.57. The van der Waals surface area contributed by atoms with Crippen LogP contribution in [0.25, 0.3) is 0 Å². The average Bonchev–Trinajstić information content (AvgIpc) is 3.23. The van der Waals surface area contributed by atoms with Crippen molar-refractivity contribution in [2.45, 2.75) is 76.5 Å². The molecule has 6 aromatic carbocycles. The Labute approximate surface area is 320 Å². The zero-order valence-electron chi connectivity index (χ0n) is 31.3. The third-order valence-electron chi connectivity index (χ3n) is 10.3. The highest BCUT2D eigenvalue weighted by Crippen LogP contribution is 2.40. The van der Waals surface area contributed by atoms with Crippen molar-refractivity contribution in [1.82, 2.24) is 0 Å². The van der Waals surface area contributed by atoms with Gasteiger partial charge >= 0.3 is 0 Å². The molecule has 6 aromatic rings. The summed E-state index contributed by atoms with van der Waals surface area (Å²) in [7, 11) is 1.70. The van der Waals surface area contributed by atoms with Gasteiger partial charge in [-0.1, -0.05) is 152 Å². The van der Waals surface area contributed by atoms with Crippen LogP contribution in [0.5, 0.6) is 5.75 Å². The van der Waals surface area contributed by atoms with Gasteiger partial charge < -0.3 is 23.7 Å². The fourth-order valence-electron chi connectivity index (χ4n) is 7.26. The van der Waals surface area contributed by atoms with Crippen LogP contribution in [0, 0.1) is 6.92 Å². The van der Waals surface area contributed by atoms with E-state index in [0.29, 0.717) is 19.8 Å². The molecule has 0 bridgehead atoms. The first-order chi connectivity index (χ1) is 26.6. The monoisotopic (exact) mass is 718 g/mol. The quantitative estimate of drug-likeness (QED) is 0.0997. The molecule has 0 aliphatic carbocycles. The first kappa shape index (κ1) is 37.3. The smallest absolute Gasteiger partial charge is 0.118 e. The molecule has 0 radical (unpaired) electrons. The van der Waals surface area contributed by atoms with Crippen molar-refractivity contribution >= 4 is 0 Å². The second kappa shape index (κ2) is 18.8. The zero-order valence-corrected chi connectivity index (χ0v) is 31.3. The molecule has 0 N–H and O–H groups in total. The van der Waals surface area contributed by atoms with E-state index in [0.717, 1.165) is 47.3 Å². The number of rotatable bonds is 16. The highest BCUT2D eigenvalue weighted by molar-refractivity contribution is 5.38. The Hall–Kier alpha value is -5.04. The maximum atomic E-state index is 7.31. The molecule has 0 aromatic heterocycles. The van der Waals surface area contributed by atoms with Gasteiger partial charge in [-0.3, -0.25) is 0 Å². The summed E-state index contributed by atoms with van der Waals surface area (Å²) < 4.78 is 33.7. The van der Waals surface area contributed by atoms with E-state index in [1.807, 2.05) is 42.5 Å². The average molecular weight is 719 g/mol. The number of aryl methyl sites for hydroxylation is 2. The molecule has 0 saturated carbocycles. The minimum absolute atomic E-state index is 0.261. The SMILES string of the molecule is COc1ccc(Cc2cc([C@@H]3O[C@H](CCc4ccccc4)[C@@H](OCc4ccccc4)[C@H](OCc4ccccc4)[C@H]3OCc3ccccc3)ccc2C)cc1. The molecule has 5 atom stereocenters. The molecule has 54 heavy (non-hydrogen) atoms. The molecule has 1 heterocycles. The summed E-state index contributed by atoms with van der Waals surface area (Å²) in [6, 6.07) is 56.7. The number of ether oxygens (including phenoxy) is 5. The highest BCUT2D eigenvalue weighted by atomic mass is 16.6. The summed E-state index contributed by atoms with van der Waals surface area (Å²) in [5.74, 6) is 0.852. The van der Waals surface area contributed by atoms with Crippen LogP contribution in [0.3, 0.4) is 0 Å². The maximum Gasteiger partial charge on any atom is 0.118 e. The van der Waals surface area contributed by atoms with Crippen LogP contribution in [0.15, 0.2) is 164 Å². The standard InChI is InChI=1S/C49H50O5/c1-36-23-27-42(32-43(36)31-38-24-28-44(50-2)29-25-38)46-48(52-34-40-19-11-5-12-20-40)49(53-35-41-21-13-6-14-22-41)47(51-33-39-17-9-4-10-18-39)45(54-46)30-26-37-15-7-3-8-16-37/h3-25,27-29,32,45-49H,26,30-31,33-35H2,1-2H3/t45-,46+,47-,48+,49+/m1/s1. The molecular weight excluding hydrogens is 669 g/mol. The largest absolute Gasteiger partial charge is 0.497 e. The predicted molar refractivity (Wildman–Crippen MR) is 214 cm³/mol. The van der Waals surface area contributed by atoms with E-state index >= 15 is 0 Å². The first-order valence-electron chi connectivity index (χ1n) is 19.0. The predicted octanol–water partition coefficient (Wildman–Crippen LogP) is 10.4. The van der Waals surface area contributed by atoms with Crippen molar-refractivity contribution in [3.05, 3.63) is 208 Å². The van der Waals surface area contributed by atoms with E-state index in [-0.39, 0.29) is 12.2 Å². The zero-order chi connectivity index (χ0) is 37.0. The van der Waals surface area contributed by atoms with Gasteiger partial charge in [-0.05, 0) is 82.8 Å². The third kappa shape index (κ3) is 9.93. The molecule has 1 aliphatic rings. The molecule has 0 amide bonds. The molecule has 0 spiro atoms. The van der Waals surface area contributed by atoms with Gasteiger partial charge in [-0.2, -0.15) is 0 Å². The van der Waals surface area contributed by atoms with Crippen LogP contribution in [0.2, 0.25) is 0 Å². The van der Waals surface area contributed by atoms with Crippen LogP contribution in [0.1, 0.15) is 57.0 Å². The maximum absolute atomic E-state index is 7.31. The van der Waals surface area contributed by atoms with Gasteiger partial charge in [0, 0.05) is 0 Å². The van der Waals surface area contributed by atoms with Crippen molar-refractivity contribution in [3.8, 4) is 5.75 Å². The summed E-state index contributed by atoms with van der Waals surface area (Å²) in [5, 5.41) is 0. The van der Waals surface area contributed by atoms with E-state index in [9.17, 15) is 0 Å². The van der Waals surface area contributed by atoms with Crippen molar-refractivity contribution < 1.29 is 23.7 Å². The van der Waals surface area contributed by atoms with Gasteiger partial charge in [-0.25, -0.2) is 0 Å². The van der Waals surface area contributed by atoms with E-state index in [1.165, 1.54) is 22.3 Å². The molecule has 276 valence electrons. The summed E-state index contributed by atoms with van der Waals surface area (Å²) >= 11 is 0. The Bertz CT molecular complexity index is 1980. The summed E-state index contributed by atoms with van der Waals surface area (Å²) in [6.07, 6.45) is 0.466. The second-order valence-electron chi connectivity index (χ2n) is 14.1. The minimum Gasteiger partial charge on any atom is -0.497 e. The summed E-state index contributed by atoms with van der Waals surface area (Å²) in [6.45, 7) is 3.46. The van der Waals surface area contributed by atoms with Crippen molar-refractivity contribution in [3.63, 3.8) is 0 Å². The molecule has 5 heteroatoms. The summed E-state index contributed by atoms with van der Waals surface area (Å²) in [4.78, 5) is 0. The molecular formula is C49H50O5. The van der Waals surface area contributed by atoms with Gasteiger partial charge in [0.2, 0.25) is 0 Å². The molecule has 1 saturated heterocycles. The van der Waals surface area contributed by atoms with Crippen molar-refractivity contribution in [2.24, 2.45) is 0 Å². The molecule has 0 unspecified atom stereocenters. The Morgan fingerprint density at radius 1 is 0.500 bits per heavy atom. The lowest BCUT2D eigenvalue weighted by molar-refractivity contribution is -0.268. The number of hydrogen-bond acceptors (Lipinski definition) is 5. The molecule has 1 fully saturated rings. The second-order valence-corrected chi connectivity index (χ2v) is 14.1. The Morgan fingerprint density at radius 2 is 1.00 bits per heavy atom. The van der Waals surface area contributed by atoms with E-state index in [1.54, 1.807) is 7.11 Å². The van der Waals surface area contributed by atoms with Crippen molar-refractivity contribution in [2.75, 3.05) is 7.11 Å². The molecule has 7 rings (SSSR count). The molecule has 1 aliphatic heterocycles. The number of methoxy groups -OCH3 is 1. The highest BCUT2D eigenvalue weighted by Gasteiger charge is 2.48. The fraction of sp³-hybridized carbons (Fsp3) is 0.265. The lowest BCUT2D eigenvalue weighted by atomic mass is 9.86. The summed E-state index contributed by atoms with van der Waals surface area (Å²) in [5.41, 5.74) is 9.32. The number of benzene rings is 6. The fourth-order valence-corrected chi connectivity index (χ4v) is 7.26. The molecule has 5 nitrogen and oxygen atoms in total. The van der Waals surface area contributed by atoms with Gasteiger partial charge in [0.1, 0.15) is 30.2 Å². The van der Waals surface area contributed by atoms with Gasteiger partial charge in [0.15, 0.2) is 0 Å². The van der Waals surface area contributed by atoms with Gasteiger partial charge in [0.05, 0.1) is 33.0 Å². The normalized spacial score (nSPS) is 19.7. The minimum atomic E-state index is -0.459.